The number of unbranched alkanes of at least 4 members (excludes halogenated alkanes) is 5. The minimum Gasteiger partial charge on any atom is -0.330 e. The molecule has 0 aromatic heterocycles. The maximum absolute atomic E-state index is 5.66. The smallest absolute Gasteiger partial charge is 0.00514 e. The first-order valence-electron chi connectivity index (χ1n) is 8.54. The summed E-state index contributed by atoms with van der Waals surface area (Å²) in [6.45, 7) is 5.30. The fourth-order valence-corrected chi connectivity index (χ4v) is 2.51. The maximum Gasteiger partial charge on any atom is -0.00514 e. The zero-order chi connectivity index (χ0) is 14.6. The number of nitrogens with two attached hydrogens (primary N) is 1. The van der Waals surface area contributed by atoms with Crippen LogP contribution in [-0.2, 0) is 12.8 Å². The molecule has 1 nitrogen and oxygen atoms in total. The molecule has 0 bridgehead atoms. The molecule has 0 saturated heterocycles. The Bertz CT molecular complexity index is 328. The van der Waals surface area contributed by atoms with Crippen molar-refractivity contribution in [1.82, 2.24) is 0 Å². The average Bonchev–Trinajstić information content (AvgIpc) is 2.49. The highest BCUT2D eigenvalue weighted by molar-refractivity contribution is 5.22. The predicted molar refractivity (Wildman–Crippen MR) is 90.1 cm³/mol. The van der Waals surface area contributed by atoms with E-state index >= 15 is 0 Å². The van der Waals surface area contributed by atoms with Crippen molar-refractivity contribution >= 4 is 0 Å². The number of rotatable bonds is 11. The number of benzene rings is 1. The van der Waals surface area contributed by atoms with Crippen molar-refractivity contribution in [2.24, 2.45) is 11.7 Å². The van der Waals surface area contributed by atoms with Gasteiger partial charge in [-0.15, -0.1) is 0 Å². The largest absolute Gasteiger partial charge is 0.330 e. The second-order valence-electron chi connectivity index (χ2n) is 6.21. The second-order valence-corrected chi connectivity index (χ2v) is 6.21. The normalized spacial score (nSPS) is 12.6. The van der Waals surface area contributed by atoms with E-state index in [0.29, 0.717) is 5.92 Å². The van der Waals surface area contributed by atoms with Gasteiger partial charge >= 0.3 is 0 Å². The zero-order valence-corrected chi connectivity index (χ0v) is 13.5. The van der Waals surface area contributed by atoms with E-state index in [4.69, 9.17) is 5.73 Å². The van der Waals surface area contributed by atoms with Gasteiger partial charge in [-0.1, -0.05) is 70.2 Å². The van der Waals surface area contributed by atoms with Crippen LogP contribution in [0.25, 0.3) is 0 Å². The van der Waals surface area contributed by atoms with Crippen LogP contribution in [0.4, 0.5) is 0 Å². The topological polar surface area (TPSA) is 26.0 Å². The van der Waals surface area contributed by atoms with Crippen molar-refractivity contribution in [3.8, 4) is 0 Å². The summed E-state index contributed by atoms with van der Waals surface area (Å²) < 4.78 is 0. The van der Waals surface area contributed by atoms with Crippen LogP contribution in [0.3, 0.4) is 0 Å². The first-order chi connectivity index (χ1) is 9.76. The summed E-state index contributed by atoms with van der Waals surface area (Å²) in [6, 6.07) is 9.23. The second kappa shape index (κ2) is 10.9. The molecule has 0 aliphatic rings. The Kier molecular flexibility index (Phi) is 9.40. The van der Waals surface area contributed by atoms with Crippen LogP contribution < -0.4 is 5.73 Å². The first-order valence-corrected chi connectivity index (χ1v) is 8.54. The number of hydrogen-bond donors (Lipinski definition) is 1. The fourth-order valence-electron chi connectivity index (χ4n) is 2.51. The fraction of sp³-hybridized carbons (Fsp3) is 0.684. The molecule has 1 atom stereocenters. The van der Waals surface area contributed by atoms with Gasteiger partial charge < -0.3 is 5.73 Å². The molecule has 0 aliphatic heterocycles. The third-order valence-electron chi connectivity index (χ3n) is 4.17. The summed E-state index contributed by atoms with van der Waals surface area (Å²) in [4.78, 5) is 0. The highest BCUT2D eigenvalue weighted by atomic mass is 14.5. The van der Waals surface area contributed by atoms with Crippen molar-refractivity contribution in [3.05, 3.63) is 35.4 Å². The Morgan fingerprint density at radius 1 is 0.850 bits per heavy atom. The predicted octanol–water partition coefficient (Wildman–Crippen LogP) is 5.12. The molecule has 0 saturated carbocycles. The summed E-state index contributed by atoms with van der Waals surface area (Å²) in [6.07, 6.45) is 11.9. The molecule has 1 aromatic carbocycles. The summed E-state index contributed by atoms with van der Waals surface area (Å²) in [5, 5.41) is 0. The van der Waals surface area contributed by atoms with Gasteiger partial charge in [0.05, 0.1) is 0 Å². The molecular weight excluding hydrogens is 242 g/mol. The number of hydrogen-bond acceptors (Lipinski definition) is 1. The van der Waals surface area contributed by atoms with Crippen LogP contribution in [0.2, 0.25) is 0 Å². The summed E-state index contributed by atoms with van der Waals surface area (Å²) in [5.74, 6) is 0.637. The third-order valence-corrected chi connectivity index (χ3v) is 4.17. The lowest BCUT2D eigenvalue weighted by Gasteiger charge is -2.08. The molecule has 1 rings (SSSR count). The van der Waals surface area contributed by atoms with Crippen LogP contribution in [0.5, 0.6) is 0 Å². The average molecular weight is 275 g/mol. The standard InChI is InChI=1S/C19H33N/c1-3-4-5-6-7-8-9-18-12-14-19(15-13-18)11-10-17(2)16-20/h12-15,17H,3-11,16,20H2,1-2H3. The van der Waals surface area contributed by atoms with Crippen molar-refractivity contribution < 1.29 is 0 Å². The van der Waals surface area contributed by atoms with Crippen LogP contribution in [0, 0.1) is 5.92 Å². The van der Waals surface area contributed by atoms with Gasteiger partial charge in [-0.3, -0.25) is 0 Å². The molecule has 2 N–H and O–H groups in total. The minimum absolute atomic E-state index is 0.637. The van der Waals surface area contributed by atoms with Crippen molar-refractivity contribution in [1.29, 1.82) is 0 Å². The summed E-state index contributed by atoms with van der Waals surface area (Å²) in [7, 11) is 0. The molecule has 0 heterocycles. The Hall–Kier alpha value is -0.820. The van der Waals surface area contributed by atoms with E-state index in [1.807, 2.05) is 0 Å². The van der Waals surface area contributed by atoms with Crippen LogP contribution in [-0.4, -0.2) is 6.54 Å². The molecule has 114 valence electrons. The van der Waals surface area contributed by atoms with Crippen LogP contribution >= 0.6 is 0 Å². The van der Waals surface area contributed by atoms with Crippen molar-refractivity contribution in [2.75, 3.05) is 6.54 Å². The lowest BCUT2D eigenvalue weighted by molar-refractivity contribution is 0.544. The van der Waals surface area contributed by atoms with Crippen LogP contribution in [0.1, 0.15) is 69.9 Å². The van der Waals surface area contributed by atoms with Gasteiger partial charge in [-0.05, 0) is 49.3 Å². The van der Waals surface area contributed by atoms with Gasteiger partial charge in [0.2, 0.25) is 0 Å². The molecule has 0 fully saturated rings. The molecule has 0 aliphatic carbocycles. The van der Waals surface area contributed by atoms with E-state index < -0.39 is 0 Å². The van der Waals surface area contributed by atoms with Crippen LogP contribution in [0.15, 0.2) is 24.3 Å². The van der Waals surface area contributed by atoms with Gasteiger partial charge in [-0.2, -0.15) is 0 Å². The van der Waals surface area contributed by atoms with Crippen molar-refractivity contribution in [2.45, 2.75) is 71.6 Å². The van der Waals surface area contributed by atoms with E-state index in [2.05, 4.69) is 38.1 Å². The molecule has 0 radical (unpaired) electrons. The SMILES string of the molecule is CCCCCCCCc1ccc(CCC(C)CN)cc1. The Labute approximate surface area is 126 Å². The van der Waals surface area contributed by atoms with Gasteiger partial charge in [0.15, 0.2) is 0 Å². The quantitative estimate of drug-likeness (QED) is 0.557. The molecule has 1 aromatic rings. The summed E-state index contributed by atoms with van der Waals surface area (Å²) >= 11 is 0. The van der Waals surface area contributed by atoms with E-state index in [1.165, 1.54) is 62.5 Å². The minimum atomic E-state index is 0.637. The van der Waals surface area contributed by atoms with E-state index in [-0.39, 0.29) is 0 Å². The van der Waals surface area contributed by atoms with E-state index in [0.717, 1.165) is 13.0 Å². The first kappa shape index (κ1) is 17.2. The van der Waals surface area contributed by atoms with Gasteiger partial charge in [0.1, 0.15) is 0 Å². The molecule has 0 amide bonds. The molecule has 0 spiro atoms. The van der Waals surface area contributed by atoms with Gasteiger partial charge in [-0.25, -0.2) is 0 Å². The monoisotopic (exact) mass is 275 g/mol. The lowest BCUT2D eigenvalue weighted by atomic mass is 9.99. The van der Waals surface area contributed by atoms with E-state index in [9.17, 15) is 0 Å². The summed E-state index contributed by atoms with van der Waals surface area (Å²) in [5.41, 5.74) is 8.61. The molecular formula is C19H33N. The zero-order valence-electron chi connectivity index (χ0n) is 13.5. The van der Waals surface area contributed by atoms with Gasteiger partial charge in [0, 0.05) is 0 Å². The molecule has 1 unspecified atom stereocenters. The number of aryl methyl sites for hydroxylation is 2. The van der Waals surface area contributed by atoms with E-state index in [1.54, 1.807) is 0 Å². The Morgan fingerprint density at radius 3 is 2.00 bits per heavy atom. The Balaban J connectivity index is 2.18. The van der Waals surface area contributed by atoms with Crippen molar-refractivity contribution in [3.63, 3.8) is 0 Å². The lowest BCUT2D eigenvalue weighted by Crippen LogP contribution is -2.11. The molecule has 1 heteroatoms. The highest BCUT2D eigenvalue weighted by Crippen LogP contribution is 2.13. The highest BCUT2D eigenvalue weighted by Gasteiger charge is 2.00. The Morgan fingerprint density at radius 2 is 1.40 bits per heavy atom. The van der Waals surface area contributed by atoms with Gasteiger partial charge in [0.25, 0.3) is 0 Å². The maximum atomic E-state index is 5.66. The molecule has 20 heavy (non-hydrogen) atoms. The third kappa shape index (κ3) is 7.69.